The summed E-state index contributed by atoms with van der Waals surface area (Å²) in [5.74, 6) is 0.814. The molecule has 0 radical (unpaired) electrons. The second-order valence-corrected chi connectivity index (χ2v) is 9.96. The molecule has 5 nitrogen and oxygen atoms in total. The number of carbonyl (C=O) groups excluding carboxylic acids is 1. The highest BCUT2D eigenvalue weighted by molar-refractivity contribution is 7.99. The van der Waals surface area contributed by atoms with Crippen LogP contribution >= 0.6 is 23.1 Å². The molecule has 0 spiro atoms. The number of rotatable bonds is 5. The van der Waals surface area contributed by atoms with Crippen molar-refractivity contribution in [3.05, 3.63) is 41.0 Å². The molecule has 1 amide bonds. The number of hydrogen-bond donors (Lipinski definition) is 0. The van der Waals surface area contributed by atoms with Crippen LogP contribution < -0.4 is 4.74 Å². The number of carbonyl (C=O) groups is 1. The molecule has 7 heteroatoms. The first-order valence-electron chi connectivity index (χ1n) is 10.7. The number of amides is 1. The molecule has 2 aromatic heterocycles. The van der Waals surface area contributed by atoms with E-state index in [1.54, 1.807) is 18.1 Å². The van der Waals surface area contributed by atoms with Crippen LogP contribution in [-0.4, -0.2) is 40.5 Å². The molecule has 30 heavy (non-hydrogen) atoms. The van der Waals surface area contributed by atoms with Crippen molar-refractivity contribution in [1.29, 1.82) is 0 Å². The quantitative estimate of drug-likeness (QED) is 0.517. The van der Waals surface area contributed by atoms with E-state index in [2.05, 4.69) is 9.97 Å². The van der Waals surface area contributed by atoms with Gasteiger partial charge in [-0.25, -0.2) is 9.97 Å². The van der Waals surface area contributed by atoms with Crippen LogP contribution in [0.25, 0.3) is 10.2 Å². The molecule has 3 aromatic rings. The van der Waals surface area contributed by atoms with Crippen LogP contribution in [0.15, 0.2) is 40.5 Å². The molecule has 1 aliphatic heterocycles. The molecule has 1 aliphatic carbocycles. The molecular formula is C23H25N3O2S2. The summed E-state index contributed by atoms with van der Waals surface area (Å²) in [6.07, 6.45) is 9.81. The maximum Gasteiger partial charge on any atom is 0.260 e. The summed E-state index contributed by atoms with van der Waals surface area (Å²) in [6.45, 7) is 1.78. The first-order valence-corrected chi connectivity index (χ1v) is 12.4. The molecule has 5 rings (SSSR count). The van der Waals surface area contributed by atoms with E-state index in [0.717, 1.165) is 59.3 Å². The number of hydrogen-bond acceptors (Lipinski definition) is 6. The van der Waals surface area contributed by atoms with Gasteiger partial charge in [0.25, 0.3) is 5.91 Å². The minimum absolute atomic E-state index is 0.0748. The number of likely N-dealkylation sites (tertiary alicyclic amines) is 1. The minimum Gasteiger partial charge on any atom is -0.483 e. The monoisotopic (exact) mass is 439 g/mol. The fraction of sp³-hybridized carbons (Fsp3) is 0.435. The van der Waals surface area contributed by atoms with Crippen molar-refractivity contribution in [3.63, 3.8) is 0 Å². The van der Waals surface area contributed by atoms with Crippen molar-refractivity contribution in [2.45, 2.75) is 54.9 Å². The van der Waals surface area contributed by atoms with E-state index in [1.165, 1.54) is 35.1 Å². The first-order chi connectivity index (χ1) is 14.8. The third-order valence-corrected chi connectivity index (χ3v) is 8.09. The van der Waals surface area contributed by atoms with Gasteiger partial charge in [-0.3, -0.25) is 4.79 Å². The van der Waals surface area contributed by atoms with Gasteiger partial charge in [-0.15, -0.1) is 11.3 Å². The Hall–Kier alpha value is -2.12. The number of thiophene rings is 1. The number of nitrogens with zero attached hydrogens (tertiary/aromatic N) is 3. The van der Waals surface area contributed by atoms with Crippen molar-refractivity contribution in [2.24, 2.45) is 0 Å². The van der Waals surface area contributed by atoms with E-state index in [-0.39, 0.29) is 12.5 Å². The Morgan fingerprint density at radius 2 is 1.90 bits per heavy atom. The molecule has 1 aromatic carbocycles. The van der Waals surface area contributed by atoms with Gasteiger partial charge in [-0.05, 0) is 62.6 Å². The van der Waals surface area contributed by atoms with E-state index in [9.17, 15) is 4.79 Å². The summed E-state index contributed by atoms with van der Waals surface area (Å²) < 4.78 is 5.98. The van der Waals surface area contributed by atoms with Crippen LogP contribution in [0.2, 0.25) is 0 Å². The minimum atomic E-state index is 0.0748. The maximum atomic E-state index is 12.5. The smallest absolute Gasteiger partial charge is 0.260 e. The van der Waals surface area contributed by atoms with Gasteiger partial charge in [-0.2, -0.15) is 0 Å². The van der Waals surface area contributed by atoms with Gasteiger partial charge in [0.2, 0.25) is 0 Å². The van der Waals surface area contributed by atoms with E-state index < -0.39 is 0 Å². The molecular weight excluding hydrogens is 414 g/mol. The van der Waals surface area contributed by atoms with Crippen LogP contribution in [0.4, 0.5) is 0 Å². The Morgan fingerprint density at radius 3 is 2.80 bits per heavy atom. The van der Waals surface area contributed by atoms with Crippen molar-refractivity contribution >= 4 is 39.2 Å². The Morgan fingerprint density at radius 1 is 1.07 bits per heavy atom. The Balaban J connectivity index is 1.37. The van der Waals surface area contributed by atoms with Gasteiger partial charge in [0, 0.05) is 23.4 Å². The van der Waals surface area contributed by atoms with Crippen LogP contribution in [0.1, 0.15) is 42.5 Å². The van der Waals surface area contributed by atoms with E-state index in [4.69, 9.17) is 4.74 Å². The number of para-hydroxylation sites is 1. The van der Waals surface area contributed by atoms with Crippen LogP contribution in [-0.2, 0) is 17.6 Å². The maximum absolute atomic E-state index is 12.5. The number of piperidine rings is 1. The average molecular weight is 440 g/mol. The lowest BCUT2D eigenvalue weighted by atomic mass is 9.97. The highest BCUT2D eigenvalue weighted by atomic mass is 32.2. The largest absolute Gasteiger partial charge is 0.483 e. The van der Waals surface area contributed by atoms with Gasteiger partial charge in [0.15, 0.2) is 6.61 Å². The number of ether oxygens (including phenoxy) is 1. The zero-order valence-corrected chi connectivity index (χ0v) is 18.6. The van der Waals surface area contributed by atoms with E-state index in [1.807, 2.05) is 40.5 Å². The van der Waals surface area contributed by atoms with Gasteiger partial charge in [0.05, 0.1) is 4.90 Å². The fourth-order valence-electron chi connectivity index (χ4n) is 4.27. The summed E-state index contributed by atoms with van der Waals surface area (Å²) in [4.78, 5) is 27.1. The fourth-order valence-corrected chi connectivity index (χ4v) is 6.57. The lowest BCUT2D eigenvalue weighted by molar-refractivity contribution is -0.134. The molecule has 1 saturated heterocycles. The highest BCUT2D eigenvalue weighted by Gasteiger charge is 2.21. The van der Waals surface area contributed by atoms with E-state index >= 15 is 0 Å². The number of fused-ring (bicyclic) bond motifs is 3. The van der Waals surface area contributed by atoms with Crippen LogP contribution in [0, 0.1) is 0 Å². The molecule has 0 N–H and O–H groups in total. The topological polar surface area (TPSA) is 55.3 Å². The van der Waals surface area contributed by atoms with E-state index in [0.29, 0.717) is 0 Å². The molecule has 0 atom stereocenters. The molecule has 3 heterocycles. The van der Waals surface area contributed by atoms with Crippen molar-refractivity contribution in [3.8, 4) is 5.75 Å². The van der Waals surface area contributed by atoms with Gasteiger partial charge in [-0.1, -0.05) is 23.9 Å². The number of benzene rings is 1. The standard InChI is InChI=1S/C23H25N3O2S2/c27-20(26-12-6-1-7-13-26)14-28-17-9-3-5-11-19(17)30-23-21-16-8-2-4-10-18(16)29-22(21)24-15-25-23/h3,5,9,11,15H,1-2,4,6-8,10,12-14H2. The lowest BCUT2D eigenvalue weighted by Crippen LogP contribution is -2.38. The second kappa shape index (κ2) is 8.94. The summed E-state index contributed by atoms with van der Waals surface area (Å²) in [6, 6.07) is 7.93. The van der Waals surface area contributed by atoms with Crippen LogP contribution in [0.3, 0.4) is 0 Å². The number of aryl methyl sites for hydroxylation is 2. The molecule has 2 aliphatic rings. The summed E-state index contributed by atoms with van der Waals surface area (Å²) in [5.41, 5.74) is 1.43. The SMILES string of the molecule is O=C(COc1ccccc1Sc1ncnc2sc3c(c12)CCCC3)N1CCCCC1. The molecule has 156 valence electrons. The summed E-state index contributed by atoms with van der Waals surface area (Å²) in [7, 11) is 0. The first kappa shape index (κ1) is 19.8. The van der Waals surface area contributed by atoms with Crippen molar-refractivity contribution in [1.82, 2.24) is 14.9 Å². The Bertz CT molecular complexity index is 1060. The Labute approximate surface area is 184 Å². The third-order valence-electron chi connectivity index (χ3n) is 5.83. The molecule has 1 fully saturated rings. The Kier molecular flexibility index (Phi) is 5.91. The van der Waals surface area contributed by atoms with Gasteiger partial charge >= 0.3 is 0 Å². The molecule has 0 saturated carbocycles. The zero-order valence-electron chi connectivity index (χ0n) is 16.9. The highest BCUT2D eigenvalue weighted by Crippen LogP contribution is 2.42. The van der Waals surface area contributed by atoms with Gasteiger partial charge in [0.1, 0.15) is 21.9 Å². The second-order valence-electron chi connectivity index (χ2n) is 7.85. The van der Waals surface area contributed by atoms with Crippen molar-refractivity contribution < 1.29 is 9.53 Å². The summed E-state index contributed by atoms with van der Waals surface area (Å²) >= 11 is 3.43. The third kappa shape index (κ3) is 4.05. The van der Waals surface area contributed by atoms with Crippen LogP contribution in [0.5, 0.6) is 5.75 Å². The normalized spacial score (nSPS) is 16.5. The molecule has 0 bridgehead atoms. The number of aromatic nitrogens is 2. The predicted molar refractivity (Wildman–Crippen MR) is 121 cm³/mol. The lowest BCUT2D eigenvalue weighted by Gasteiger charge is -2.26. The average Bonchev–Trinajstić information content (AvgIpc) is 3.18. The predicted octanol–water partition coefficient (Wildman–Crippen LogP) is 5.11. The summed E-state index contributed by atoms with van der Waals surface area (Å²) in [5, 5.41) is 2.19. The van der Waals surface area contributed by atoms with Crippen molar-refractivity contribution in [2.75, 3.05) is 19.7 Å². The molecule has 0 unspecified atom stereocenters. The van der Waals surface area contributed by atoms with Gasteiger partial charge < -0.3 is 9.64 Å². The zero-order chi connectivity index (χ0) is 20.3.